The van der Waals surface area contributed by atoms with Crippen molar-refractivity contribution in [2.75, 3.05) is 0 Å². The summed E-state index contributed by atoms with van der Waals surface area (Å²) in [5, 5.41) is 13.5. The summed E-state index contributed by atoms with van der Waals surface area (Å²) in [5.41, 5.74) is 2.77. The lowest BCUT2D eigenvalue weighted by atomic mass is 9.93. The predicted molar refractivity (Wildman–Crippen MR) is 69.5 cm³/mol. The van der Waals surface area contributed by atoms with E-state index in [0.717, 1.165) is 25.1 Å². The van der Waals surface area contributed by atoms with Crippen LogP contribution in [0.2, 0.25) is 0 Å². The molecule has 0 spiro atoms. The number of aliphatic carboxylic acids is 1. The fraction of sp³-hybridized carbons (Fsp3) is 0.357. The summed E-state index contributed by atoms with van der Waals surface area (Å²) in [5.74, 6) is -1.25. The molecule has 6 heteroatoms. The number of nitrogens with zero attached hydrogens (tertiary/aromatic N) is 3. The van der Waals surface area contributed by atoms with E-state index in [1.165, 1.54) is 10.6 Å². The highest BCUT2D eigenvalue weighted by molar-refractivity contribution is 6.10. The topological polar surface area (TPSA) is 75.4 Å². The zero-order chi connectivity index (χ0) is 13.9. The Labute approximate surface area is 115 Å². The molecule has 1 unspecified atom stereocenters. The summed E-state index contributed by atoms with van der Waals surface area (Å²) < 4.78 is 1.98. The van der Waals surface area contributed by atoms with Gasteiger partial charge >= 0.3 is 5.97 Å². The number of β-lactam (4-membered cyclic amide) rings is 1. The van der Waals surface area contributed by atoms with Gasteiger partial charge < -0.3 is 5.11 Å². The average Bonchev–Trinajstić information content (AvgIpc) is 3.07. The van der Waals surface area contributed by atoms with Gasteiger partial charge in [0.1, 0.15) is 5.70 Å². The van der Waals surface area contributed by atoms with Crippen molar-refractivity contribution in [1.82, 2.24) is 14.7 Å². The first-order chi connectivity index (χ1) is 9.65. The van der Waals surface area contributed by atoms with Crippen molar-refractivity contribution in [3.8, 4) is 0 Å². The molecule has 1 fully saturated rings. The van der Waals surface area contributed by atoms with Gasteiger partial charge in [-0.1, -0.05) is 6.08 Å². The molecule has 3 aliphatic rings. The van der Waals surface area contributed by atoms with Crippen LogP contribution in [-0.4, -0.2) is 37.7 Å². The molecule has 0 aromatic carbocycles. The van der Waals surface area contributed by atoms with Crippen molar-refractivity contribution in [2.45, 2.75) is 31.8 Å². The highest BCUT2D eigenvalue weighted by Crippen LogP contribution is 2.39. The van der Waals surface area contributed by atoms with E-state index < -0.39 is 5.97 Å². The molecule has 0 bridgehead atoms. The Hall–Kier alpha value is -2.37. The largest absolute Gasteiger partial charge is 0.477 e. The van der Waals surface area contributed by atoms with Crippen LogP contribution >= 0.6 is 0 Å². The predicted octanol–water partition coefficient (Wildman–Crippen LogP) is 0.796. The molecule has 1 aromatic heterocycles. The second-order valence-electron chi connectivity index (χ2n) is 5.31. The first-order valence-electron chi connectivity index (χ1n) is 6.70. The summed E-state index contributed by atoms with van der Waals surface area (Å²) in [6, 6.07) is 1.89. The molecule has 20 heavy (non-hydrogen) atoms. The highest BCUT2D eigenvalue weighted by Gasteiger charge is 2.48. The number of hydrogen-bond donors (Lipinski definition) is 1. The van der Waals surface area contributed by atoms with E-state index in [2.05, 4.69) is 5.10 Å². The molecule has 4 heterocycles. The first-order valence-corrected chi connectivity index (χ1v) is 6.70. The van der Waals surface area contributed by atoms with Crippen LogP contribution in [0, 0.1) is 0 Å². The number of carbonyl (C=O) groups excluding carboxylic acids is 1. The van der Waals surface area contributed by atoms with Gasteiger partial charge in [-0.3, -0.25) is 14.4 Å². The van der Waals surface area contributed by atoms with Gasteiger partial charge in [0.15, 0.2) is 0 Å². The van der Waals surface area contributed by atoms with Crippen molar-refractivity contribution in [1.29, 1.82) is 0 Å². The van der Waals surface area contributed by atoms with E-state index in [1.54, 1.807) is 12.2 Å². The van der Waals surface area contributed by atoms with Gasteiger partial charge in [-0.2, -0.15) is 5.10 Å². The molecular weight excluding hydrogens is 258 g/mol. The van der Waals surface area contributed by atoms with Gasteiger partial charge in [-0.15, -0.1) is 0 Å². The molecule has 1 atom stereocenters. The van der Waals surface area contributed by atoms with E-state index >= 15 is 0 Å². The Kier molecular flexibility index (Phi) is 2.19. The lowest BCUT2D eigenvalue weighted by molar-refractivity contribution is -0.142. The van der Waals surface area contributed by atoms with Crippen molar-refractivity contribution in [3.05, 3.63) is 34.8 Å². The maximum absolute atomic E-state index is 12.1. The smallest absolute Gasteiger partial charge is 0.352 e. The number of aromatic nitrogens is 2. The summed E-state index contributed by atoms with van der Waals surface area (Å²) in [6.07, 6.45) is 6.14. The molecule has 4 rings (SSSR count). The molecule has 0 saturated carbocycles. The average molecular weight is 271 g/mol. The van der Waals surface area contributed by atoms with Crippen LogP contribution in [0.5, 0.6) is 0 Å². The summed E-state index contributed by atoms with van der Waals surface area (Å²) in [7, 11) is 0. The van der Waals surface area contributed by atoms with E-state index in [9.17, 15) is 9.59 Å². The zero-order valence-electron chi connectivity index (χ0n) is 10.7. The summed E-state index contributed by atoms with van der Waals surface area (Å²) in [6.45, 7) is 0.937. The van der Waals surface area contributed by atoms with Gasteiger partial charge in [0.2, 0.25) is 0 Å². The molecule has 0 radical (unpaired) electrons. The van der Waals surface area contributed by atoms with Crippen LogP contribution in [0.3, 0.4) is 0 Å². The van der Waals surface area contributed by atoms with Gasteiger partial charge in [0.05, 0.1) is 11.7 Å². The molecule has 102 valence electrons. The Morgan fingerprint density at radius 1 is 1.50 bits per heavy atom. The molecular formula is C14H13N3O3. The maximum atomic E-state index is 12.1. The van der Waals surface area contributed by atoms with Crippen LogP contribution in [-0.2, 0) is 22.6 Å². The van der Waals surface area contributed by atoms with Crippen LogP contribution in [0.1, 0.15) is 24.2 Å². The SMILES string of the molecule is O=C(O)C1=CCC2C(=Cc3cc4n(n3)CCC4)C(=O)N12. The van der Waals surface area contributed by atoms with E-state index in [1.807, 2.05) is 10.7 Å². The van der Waals surface area contributed by atoms with Crippen molar-refractivity contribution in [3.63, 3.8) is 0 Å². The third-order valence-electron chi connectivity index (χ3n) is 4.14. The Morgan fingerprint density at radius 2 is 2.35 bits per heavy atom. The number of rotatable bonds is 2. The van der Waals surface area contributed by atoms with Crippen molar-refractivity contribution in [2.24, 2.45) is 0 Å². The summed E-state index contributed by atoms with van der Waals surface area (Å²) in [4.78, 5) is 24.4. The quantitative estimate of drug-likeness (QED) is 0.637. The minimum absolute atomic E-state index is 0.101. The number of carboxylic acids is 1. The minimum Gasteiger partial charge on any atom is -0.477 e. The molecule has 1 aromatic rings. The van der Waals surface area contributed by atoms with Gasteiger partial charge in [-0.25, -0.2) is 4.79 Å². The second kappa shape index (κ2) is 3.82. The Bertz CT molecular complexity index is 677. The van der Waals surface area contributed by atoms with Crippen LogP contribution in [0.25, 0.3) is 6.08 Å². The molecule has 0 aliphatic carbocycles. The fourth-order valence-corrected chi connectivity index (χ4v) is 3.19. The normalized spacial score (nSPS) is 25.5. The van der Waals surface area contributed by atoms with Crippen molar-refractivity contribution >= 4 is 18.0 Å². The Morgan fingerprint density at radius 3 is 3.10 bits per heavy atom. The van der Waals surface area contributed by atoms with Crippen LogP contribution < -0.4 is 0 Å². The van der Waals surface area contributed by atoms with Gasteiger partial charge in [0, 0.05) is 17.8 Å². The molecule has 1 amide bonds. The molecule has 3 aliphatic heterocycles. The summed E-state index contributed by atoms with van der Waals surface area (Å²) >= 11 is 0. The number of carboxylic acid groups (broad SMARTS) is 1. The highest BCUT2D eigenvalue weighted by atomic mass is 16.4. The first kappa shape index (κ1) is 11.5. The number of fused-ring (bicyclic) bond motifs is 2. The van der Waals surface area contributed by atoms with Crippen LogP contribution in [0.15, 0.2) is 23.4 Å². The van der Waals surface area contributed by atoms with Gasteiger partial charge in [-0.05, 0) is 31.4 Å². The minimum atomic E-state index is -1.04. The number of carbonyl (C=O) groups is 2. The number of hydrogen-bond acceptors (Lipinski definition) is 3. The Balaban J connectivity index is 1.61. The lowest BCUT2D eigenvalue weighted by Gasteiger charge is -2.38. The maximum Gasteiger partial charge on any atom is 0.352 e. The third kappa shape index (κ3) is 1.41. The molecule has 1 N–H and O–H groups in total. The number of amides is 1. The van der Waals surface area contributed by atoms with E-state index in [0.29, 0.717) is 12.0 Å². The van der Waals surface area contributed by atoms with Crippen LogP contribution in [0.4, 0.5) is 0 Å². The number of aryl methyl sites for hydroxylation is 2. The van der Waals surface area contributed by atoms with Crippen molar-refractivity contribution < 1.29 is 14.7 Å². The third-order valence-corrected chi connectivity index (χ3v) is 4.14. The standard InChI is InChI=1S/C14H13N3O3/c18-13-10(11-3-4-12(14(19)20)17(11)13)7-8-6-9-2-1-5-16(9)15-8/h4,6-7,11H,1-3,5H2,(H,19,20). The van der Waals surface area contributed by atoms with E-state index in [-0.39, 0.29) is 17.6 Å². The zero-order valence-corrected chi connectivity index (χ0v) is 10.7. The fourth-order valence-electron chi connectivity index (χ4n) is 3.19. The molecule has 6 nitrogen and oxygen atoms in total. The second-order valence-corrected chi connectivity index (χ2v) is 5.31. The van der Waals surface area contributed by atoms with E-state index in [4.69, 9.17) is 5.11 Å². The lowest BCUT2D eigenvalue weighted by Crippen LogP contribution is -2.52. The monoisotopic (exact) mass is 271 g/mol. The van der Waals surface area contributed by atoms with Gasteiger partial charge in [0.25, 0.3) is 5.91 Å². The molecule has 1 saturated heterocycles.